The van der Waals surface area contributed by atoms with Crippen LogP contribution in [0.15, 0.2) is 0 Å². The van der Waals surface area contributed by atoms with E-state index >= 15 is 0 Å². The normalized spacial score (nSPS) is 22.0. The fourth-order valence-corrected chi connectivity index (χ4v) is 0.335. The molecule has 0 amide bonds. The highest BCUT2D eigenvalue weighted by molar-refractivity contribution is 5.86. The van der Waals surface area contributed by atoms with Crippen molar-refractivity contribution in [3.63, 3.8) is 0 Å². The monoisotopic (exact) mass is 68.1 g/mol. The first kappa shape index (κ1) is 2.88. The Morgan fingerprint density at radius 2 is 1.80 bits per heavy atom. The second-order valence-corrected chi connectivity index (χ2v) is 1.42. The van der Waals surface area contributed by atoms with Gasteiger partial charge in [0.25, 0.3) is 0 Å². The van der Waals surface area contributed by atoms with Crippen LogP contribution in [0.5, 0.6) is 0 Å². The molecule has 1 heteroatoms. The molecule has 5 heavy (non-hydrogen) atoms. The van der Waals surface area contributed by atoms with E-state index in [1.807, 2.05) is 0 Å². The highest BCUT2D eigenvalue weighted by Gasteiger charge is 2.06. The van der Waals surface area contributed by atoms with Crippen molar-refractivity contribution in [1.82, 2.24) is 5.41 Å². The van der Waals surface area contributed by atoms with Gasteiger partial charge in [0.15, 0.2) is 0 Å². The number of nitrogens with zero attached hydrogens (tertiary/aromatic N) is 1. The molecule has 0 saturated heterocycles. The van der Waals surface area contributed by atoms with E-state index < -0.39 is 0 Å². The van der Waals surface area contributed by atoms with E-state index in [-0.39, 0.29) is 0 Å². The third-order valence-electron chi connectivity index (χ3n) is 0.931. The van der Waals surface area contributed by atoms with Gasteiger partial charge in [0.05, 0.1) is 0 Å². The van der Waals surface area contributed by atoms with Gasteiger partial charge in [-0.15, -0.1) is 0 Å². The molecule has 1 rings (SSSR count). The Kier molecular flexibility index (Phi) is 0.469. The largest absolute Gasteiger partial charge is 0.160 e. The average molecular weight is 68.1 g/mol. The van der Waals surface area contributed by atoms with E-state index in [1.54, 1.807) is 0 Å². The molecule has 0 aromatic carbocycles. The Morgan fingerprint density at radius 1 is 1.40 bits per heavy atom. The molecule has 0 aliphatic heterocycles. The quantitative estimate of drug-likeness (QED) is 0.392. The zero-order valence-corrected chi connectivity index (χ0v) is 3.07. The summed E-state index contributed by atoms with van der Waals surface area (Å²) in [5.41, 5.74) is 0.685. The van der Waals surface area contributed by atoms with E-state index in [4.69, 9.17) is 5.41 Å². The highest BCUT2D eigenvalue weighted by atomic mass is 14.4. The third-order valence-corrected chi connectivity index (χ3v) is 0.931. The predicted octanol–water partition coefficient (Wildman–Crippen LogP) is 0.411. The molecule has 0 N–H and O–H groups in total. The second-order valence-electron chi connectivity index (χ2n) is 1.42. The molecule has 1 aliphatic carbocycles. The molecule has 27 valence electrons. The molecule has 0 heterocycles. The van der Waals surface area contributed by atoms with Crippen LogP contribution in [-0.4, -0.2) is 5.71 Å². The van der Waals surface area contributed by atoms with Crippen molar-refractivity contribution < 1.29 is 0 Å². The van der Waals surface area contributed by atoms with Crippen LogP contribution in [0.3, 0.4) is 0 Å². The van der Waals surface area contributed by atoms with Crippen molar-refractivity contribution in [2.45, 2.75) is 19.3 Å². The summed E-state index contributed by atoms with van der Waals surface area (Å²) in [5, 5.41) is 8.36. The lowest BCUT2D eigenvalue weighted by Crippen LogP contribution is -2.09. The van der Waals surface area contributed by atoms with Gasteiger partial charge in [-0.3, -0.25) is 0 Å². The first-order chi connectivity index (χ1) is 2.39. The van der Waals surface area contributed by atoms with Crippen molar-refractivity contribution in [1.29, 1.82) is 0 Å². The van der Waals surface area contributed by atoms with Gasteiger partial charge in [0.1, 0.15) is 0 Å². The summed E-state index contributed by atoms with van der Waals surface area (Å²) >= 11 is 0. The molecular formula is C4H6N. The van der Waals surface area contributed by atoms with E-state index in [2.05, 4.69) is 0 Å². The standard InChI is InChI=1S/C4H6N/c5-4-2-1-3-4/h1-3H2. The first-order valence-electron chi connectivity index (χ1n) is 1.93. The third kappa shape index (κ3) is 0.318. The van der Waals surface area contributed by atoms with Crippen molar-refractivity contribution in [2.75, 3.05) is 0 Å². The van der Waals surface area contributed by atoms with E-state index in [9.17, 15) is 0 Å². The molecule has 0 bridgehead atoms. The van der Waals surface area contributed by atoms with Gasteiger partial charge in [-0.05, 0) is 19.3 Å². The average Bonchev–Trinajstić information content (AvgIpc) is 1.30. The Bertz CT molecular complexity index is 50.7. The predicted molar refractivity (Wildman–Crippen MR) is 21.0 cm³/mol. The number of hydrogen-bond donors (Lipinski definition) is 0. The first-order valence-corrected chi connectivity index (χ1v) is 1.93. The van der Waals surface area contributed by atoms with Gasteiger partial charge < -0.3 is 0 Å². The van der Waals surface area contributed by atoms with Gasteiger partial charge in [-0.2, -0.15) is 5.41 Å². The molecule has 0 unspecified atom stereocenters. The summed E-state index contributed by atoms with van der Waals surface area (Å²) in [5.74, 6) is 0. The topological polar surface area (TPSA) is 22.3 Å². The lowest BCUT2D eigenvalue weighted by atomic mass is 9.98. The molecule has 1 saturated carbocycles. The van der Waals surface area contributed by atoms with Crippen LogP contribution in [0.2, 0.25) is 0 Å². The molecule has 1 fully saturated rings. The van der Waals surface area contributed by atoms with Crippen molar-refractivity contribution in [3.8, 4) is 0 Å². The Balaban J connectivity index is 2.32. The molecule has 0 aromatic rings. The molecule has 0 aromatic heterocycles. The fourth-order valence-electron chi connectivity index (χ4n) is 0.335. The zero-order chi connectivity index (χ0) is 3.70. The number of hydrogen-bond acceptors (Lipinski definition) is 0. The van der Waals surface area contributed by atoms with Gasteiger partial charge in [-0.25, -0.2) is 0 Å². The Labute approximate surface area is 31.5 Å². The lowest BCUT2D eigenvalue weighted by molar-refractivity contribution is 0.805. The summed E-state index contributed by atoms with van der Waals surface area (Å²) in [4.78, 5) is 0. The maximum absolute atomic E-state index is 8.36. The van der Waals surface area contributed by atoms with Crippen molar-refractivity contribution in [3.05, 3.63) is 0 Å². The summed E-state index contributed by atoms with van der Waals surface area (Å²) in [6.45, 7) is 0. The van der Waals surface area contributed by atoms with Crippen LogP contribution in [0.4, 0.5) is 0 Å². The van der Waals surface area contributed by atoms with Crippen LogP contribution in [0, 0.1) is 0 Å². The minimum absolute atomic E-state index is 0.685. The fraction of sp³-hybridized carbons (Fsp3) is 0.750. The van der Waals surface area contributed by atoms with E-state index in [1.165, 1.54) is 6.42 Å². The SMILES string of the molecule is [N]=C1CCC1. The molecular weight excluding hydrogens is 62.1 g/mol. The van der Waals surface area contributed by atoms with Crippen molar-refractivity contribution >= 4 is 5.71 Å². The summed E-state index contributed by atoms with van der Waals surface area (Å²) < 4.78 is 0. The van der Waals surface area contributed by atoms with E-state index in [0.29, 0.717) is 5.71 Å². The van der Waals surface area contributed by atoms with Crippen LogP contribution in [-0.2, 0) is 0 Å². The zero-order valence-electron chi connectivity index (χ0n) is 3.07. The summed E-state index contributed by atoms with van der Waals surface area (Å²) in [6, 6.07) is 0. The molecule has 1 nitrogen and oxygen atoms in total. The maximum atomic E-state index is 8.36. The number of rotatable bonds is 0. The highest BCUT2D eigenvalue weighted by Crippen LogP contribution is 2.09. The smallest absolute Gasteiger partial charge is 0.0406 e. The maximum Gasteiger partial charge on any atom is 0.0406 e. The van der Waals surface area contributed by atoms with Gasteiger partial charge in [0.2, 0.25) is 0 Å². The van der Waals surface area contributed by atoms with Gasteiger partial charge >= 0.3 is 0 Å². The van der Waals surface area contributed by atoms with Gasteiger partial charge in [0, 0.05) is 5.71 Å². The van der Waals surface area contributed by atoms with Crippen molar-refractivity contribution in [2.24, 2.45) is 0 Å². The molecule has 0 atom stereocenters. The molecule has 1 radical (unpaired) electrons. The van der Waals surface area contributed by atoms with Gasteiger partial charge in [-0.1, -0.05) is 0 Å². The second kappa shape index (κ2) is 0.814. The van der Waals surface area contributed by atoms with Crippen LogP contribution in [0.25, 0.3) is 0 Å². The van der Waals surface area contributed by atoms with Crippen LogP contribution < -0.4 is 5.41 Å². The lowest BCUT2D eigenvalue weighted by Gasteiger charge is -2.07. The molecule has 0 spiro atoms. The minimum Gasteiger partial charge on any atom is -0.160 e. The summed E-state index contributed by atoms with van der Waals surface area (Å²) in [7, 11) is 0. The Hall–Kier alpha value is -0.330. The summed E-state index contributed by atoms with van der Waals surface area (Å²) in [6.07, 6.45) is 3.12. The van der Waals surface area contributed by atoms with Crippen LogP contribution >= 0.6 is 0 Å². The van der Waals surface area contributed by atoms with E-state index in [0.717, 1.165) is 12.8 Å². The molecule has 1 aliphatic rings. The Morgan fingerprint density at radius 3 is 1.80 bits per heavy atom. The van der Waals surface area contributed by atoms with Crippen LogP contribution in [0.1, 0.15) is 19.3 Å². The minimum atomic E-state index is 0.685.